The lowest BCUT2D eigenvalue weighted by atomic mass is 10.2. The van der Waals surface area contributed by atoms with Crippen LogP contribution in [0.1, 0.15) is 15.9 Å². The summed E-state index contributed by atoms with van der Waals surface area (Å²) in [5.41, 5.74) is 1.18. The summed E-state index contributed by atoms with van der Waals surface area (Å²) in [5.74, 6) is -0.483. The molecule has 0 saturated heterocycles. The third-order valence-electron chi connectivity index (χ3n) is 2.25. The van der Waals surface area contributed by atoms with Crippen molar-refractivity contribution in [1.29, 1.82) is 0 Å². The number of benzene rings is 1. The highest BCUT2D eigenvalue weighted by molar-refractivity contribution is 9.10. The minimum atomic E-state index is -0.483. The maximum Gasteiger partial charge on any atom is 0.341 e. The van der Waals surface area contributed by atoms with Crippen LogP contribution in [0.15, 0.2) is 47.2 Å². The van der Waals surface area contributed by atoms with Gasteiger partial charge in [0.2, 0.25) is 0 Å². The van der Waals surface area contributed by atoms with E-state index < -0.39 is 5.97 Å². The molecule has 2 rings (SSSR count). The van der Waals surface area contributed by atoms with Crippen molar-refractivity contribution in [3.8, 4) is 0 Å². The zero-order valence-corrected chi connectivity index (χ0v) is 11.6. The van der Waals surface area contributed by atoms with Crippen molar-refractivity contribution in [2.24, 2.45) is 0 Å². The Kier molecular flexibility index (Phi) is 4.33. The molecule has 2 aromatic rings. The van der Waals surface area contributed by atoms with Gasteiger partial charge in [-0.3, -0.25) is 0 Å². The minimum absolute atomic E-state index is 0.214. The van der Waals surface area contributed by atoms with Gasteiger partial charge in [0, 0.05) is 6.20 Å². The number of rotatable bonds is 3. The molecule has 0 atom stereocenters. The summed E-state index contributed by atoms with van der Waals surface area (Å²) in [6.45, 7) is 0.214. The van der Waals surface area contributed by atoms with Crippen LogP contribution in [-0.2, 0) is 11.3 Å². The molecule has 92 valence electrons. The van der Waals surface area contributed by atoms with E-state index in [4.69, 9.17) is 16.3 Å². The molecule has 5 heteroatoms. The second-order valence-electron chi connectivity index (χ2n) is 3.55. The van der Waals surface area contributed by atoms with Crippen LogP contribution in [0.25, 0.3) is 0 Å². The van der Waals surface area contributed by atoms with Crippen molar-refractivity contribution in [3.05, 3.63) is 63.3 Å². The number of aromatic nitrogens is 1. The first-order valence-electron chi connectivity index (χ1n) is 5.19. The molecule has 1 aromatic heterocycles. The Morgan fingerprint density at radius 2 is 2.06 bits per heavy atom. The van der Waals surface area contributed by atoms with Gasteiger partial charge in [0.25, 0.3) is 0 Å². The first-order valence-corrected chi connectivity index (χ1v) is 6.36. The Morgan fingerprint density at radius 3 is 2.72 bits per heavy atom. The molecule has 0 N–H and O–H groups in total. The summed E-state index contributed by atoms with van der Waals surface area (Å²) >= 11 is 9.11. The highest BCUT2D eigenvalue weighted by Gasteiger charge is 2.12. The Balaban J connectivity index is 2.04. The van der Waals surface area contributed by atoms with Crippen molar-refractivity contribution in [2.45, 2.75) is 6.61 Å². The zero-order valence-electron chi connectivity index (χ0n) is 9.27. The third kappa shape index (κ3) is 3.31. The fourth-order valence-electron chi connectivity index (χ4n) is 1.36. The lowest BCUT2D eigenvalue weighted by Gasteiger charge is -2.06. The molecule has 18 heavy (non-hydrogen) atoms. The summed E-state index contributed by atoms with van der Waals surface area (Å²) in [6, 6.07) is 11.0. The Hall–Kier alpha value is -1.39. The Labute approximate surface area is 118 Å². The van der Waals surface area contributed by atoms with Crippen LogP contribution in [0.5, 0.6) is 0 Å². The van der Waals surface area contributed by atoms with Gasteiger partial charge < -0.3 is 4.74 Å². The van der Waals surface area contributed by atoms with Gasteiger partial charge in [-0.05, 0) is 27.6 Å². The van der Waals surface area contributed by atoms with Crippen LogP contribution in [0.4, 0.5) is 0 Å². The SMILES string of the molecule is O=C(OCc1ccccc1)c1cnc(Br)cc1Cl. The van der Waals surface area contributed by atoms with Crippen molar-refractivity contribution in [3.63, 3.8) is 0 Å². The monoisotopic (exact) mass is 325 g/mol. The summed E-state index contributed by atoms with van der Waals surface area (Å²) in [6.07, 6.45) is 1.39. The number of hydrogen-bond acceptors (Lipinski definition) is 3. The summed E-state index contributed by atoms with van der Waals surface area (Å²) in [4.78, 5) is 15.7. The highest BCUT2D eigenvalue weighted by Crippen LogP contribution is 2.20. The fourth-order valence-corrected chi connectivity index (χ4v) is 2.05. The predicted octanol–water partition coefficient (Wildman–Crippen LogP) is 3.85. The molecule has 0 amide bonds. The van der Waals surface area contributed by atoms with E-state index in [2.05, 4.69) is 20.9 Å². The van der Waals surface area contributed by atoms with Gasteiger partial charge >= 0.3 is 5.97 Å². The van der Waals surface area contributed by atoms with E-state index in [-0.39, 0.29) is 12.2 Å². The van der Waals surface area contributed by atoms with E-state index in [1.165, 1.54) is 6.20 Å². The number of hydrogen-bond donors (Lipinski definition) is 0. The molecule has 0 aliphatic heterocycles. The summed E-state index contributed by atoms with van der Waals surface area (Å²) in [5, 5.41) is 0.315. The van der Waals surface area contributed by atoms with Gasteiger partial charge in [0.15, 0.2) is 0 Å². The van der Waals surface area contributed by atoms with Crippen LogP contribution >= 0.6 is 27.5 Å². The smallest absolute Gasteiger partial charge is 0.341 e. The van der Waals surface area contributed by atoms with Crippen LogP contribution in [-0.4, -0.2) is 11.0 Å². The zero-order chi connectivity index (χ0) is 13.0. The average Bonchev–Trinajstić information content (AvgIpc) is 2.37. The average molecular weight is 327 g/mol. The molecule has 0 bridgehead atoms. The van der Waals surface area contributed by atoms with Gasteiger partial charge in [-0.2, -0.15) is 0 Å². The van der Waals surface area contributed by atoms with E-state index in [0.29, 0.717) is 9.63 Å². The van der Waals surface area contributed by atoms with E-state index in [1.807, 2.05) is 30.3 Å². The topological polar surface area (TPSA) is 39.2 Å². The van der Waals surface area contributed by atoms with Crippen molar-refractivity contribution in [1.82, 2.24) is 4.98 Å². The number of carbonyl (C=O) groups is 1. The molecule has 0 spiro atoms. The second-order valence-corrected chi connectivity index (χ2v) is 4.77. The lowest BCUT2D eigenvalue weighted by molar-refractivity contribution is 0.0472. The number of halogens is 2. The van der Waals surface area contributed by atoms with Crippen molar-refractivity contribution in [2.75, 3.05) is 0 Å². The largest absolute Gasteiger partial charge is 0.457 e. The normalized spacial score (nSPS) is 10.1. The number of nitrogens with zero attached hydrogens (tertiary/aromatic N) is 1. The number of ether oxygens (including phenoxy) is 1. The quantitative estimate of drug-likeness (QED) is 0.635. The van der Waals surface area contributed by atoms with Crippen molar-refractivity contribution >= 4 is 33.5 Å². The second kappa shape index (κ2) is 5.98. The molecule has 0 aliphatic rings. The third-order valence-corrected chi connectivity index (χ3v) is 3.00. The van der Waals surface area contributed by atoms with E-state index >= 15 is 0 Å². The predicted molar refractivity (Wildman–Crippen MR) is 72.5 cm³/mol. The molecular formula is C13H9BrClNO2. The Morgan fingerprint density at radius 1 is 1.33 bits per heavy atom. The van der Waals surface area contributed by atoms with Crippen LogP contribution in [0.2, 0.25) is 5.02 Å². The van der Waals surface area contributed by atoms with Crippen LogP contribution < -0.4 is 0 Å². The molecule has 0 saturated carbocycles. The molecule has 0 radical (unpaired) electrons. The molecule has 0 unspecified atom stereocenters. The first-order chi connectivity index (χ1) is 8.66. The van der Waals surface area contributed by atoms with E-state index in [0.717, 1.165) is 5.56 Å². The molecule has 0 aliphatic carbocycles. The molecule has 1 aromatic carbocycles. The standard InChI is InChI=1S/C13H9BrClNO2/c14-12-6-11(15)10(7-16-12)13(17)18-8-9-4-2-1-3-5-9/h1-7H,8H2. The number of carbonyl (C=O) groups excluding carboxylic acids is 1. The van der Waals surface area contributed by atoms with Crippen LogP contribution in [0, 0.1) is 0 Å². The highest BCUT2D eigenvalue weighted by atomic mass is 79.9. The minimum Gasteiger partial charge on any atom is -0.457 e. The van der Waals surface area contributed by atoms with E-state index in [1.54, 1.807) is 6.07 Å². The number of pyridine rings is 1. The van der Waals surface area contributed by atoms with Gasteiger partial charge in [-0.15, -0.1) is 0 Å². The fraction of sp³-hybridized carbons (Fsp3) is 0.0769. The van der Waals surface area contributed by atoms with Gasteiger partial charge in [0.05, 0.1) is 10.6 Å². The molecule has 0 fully saturated rings. The summed E-state index contributed by atoms with van der Waals surface area (Å²) in [7, 11) is 0. The Bertz CT molecular complexity index is 560. The number of esters is 1. The summed E-state index contributed by atoms with van der Waals surface area (Å²) < 4.78 is 5.73. The molecule has 3 nitrogen and oxygen atoms in total. The van der Waals surface area contributed by atoms with Crippen molar-refractivity contribution < 1.29 is 9.53 Å². The van der Waals surface area contributed by atoms with Gasteiger partial charge in [-0.25, -0.2) is 9.78 Å². The van der Waals surface area contributed by atoms with Crippen LogP contribution in [0.3, 0.4) is 0 Å². The lowest BCUT2D eigenvalue weighted by Crippen LogP contribution is -2.06. The van der Waals surface area contributed by atoms with E-state index in [9.17, 15) is 4.79 Å². The molecule has 1 heterocycles. The maximum atomic E-state index is 11.8. The van der Waals surface area contributed by atoms with Gasteiger partial charge in [-0.1, -0.05) is 41.9 Å². The van der Waals surface area contributed by atoms with Gasteiger partial charge in [0.1, 0.15) is 11.2 Å². The molecular weight excluding hydrogens is 318 g/mol. The first kappa shape index (κ1) is 13.1. The maximum absolute atomic E-state index is 11.8.